The first-order valence-corrected chi connectivity index (χ1v) is 14.8. The van der Waals surface area contributed by atoms with Crippen molar-refractivity contribution in [3.05, 3.63) is 52.0 Å². The average molecular weight is 507 g/mol. The Morgan fingerprint density at radius 2 is 1.73 bits per heavy atom. The van der Waals surface area contributed by atoms with Crippen LogP contribution < -0.4 is 0 Å². The number of fused-ring (bicyclic) bond motifs is 1. The van der Waals surface area contributed by atoms with Crippen LogP contribution in [0.25, 0.3) is 22.6 Å². The van der Waals surface area contributed by atoms with Gasteiger partial charge in [0.1, 0.15) is 11.6 Å². The highest BCUT2D eigenvalue weighted by Crippen LogP contribution is 2.40. The molecule has 1 saturated carbocycles. The molecule has 0 N–H and O–H groups in total. The molecule has 1 aliphatic rings. The van der Waals surface area contributed by atoms with Gasteiger partial charge >= 0.3 is 5.97 Å². The van der Waals surface area contributed by atoms with Crippen LogP contribution in [0, 0.1) is 0 Å². The highest BCUT2D eigenvalue weighted by Gasteiger charge is 2.41. The van der Waals surface area contributed by atoms with E-state index in [0.717, 1.165) is 19.3 Å². The number of esters is 1. The molecule has 0 bridgehead atoms. The zero-order valence-corrected chi connectivity index (χ0v) is 22.1. The second-order valence-corrected chi connectivity index (χ2v) is 15.8. The van der Waals surface area contributed by atoms with E-state index in [9.17, 15) is 4.79 Å². The summed E-state index contributed by atoms with van der Waals surface area (Å²) < 4.78 is 18.2. The molecule has 5 nitrogen and oxygen atoms in total. The number of rotatable bonds is 5. The second-order valence-electron chi connectivity index (χ2n) is 10.2. The van der Waals surface area contributed by atoms with Crippen molar-refractivity contribution in [3.8, 4) is 11.5 Å². The first kappa shape index (κ1) is 24.3. The lowest BCUT2D eigenvalue weighted by atomic mass is 10.2. The molecule has 0 spiro atoms. The topological polar surface area (TPSA) is 61.6 Å². The Hall–Kier alpha value is -1.86. The molecular weight excluding hydrogens is 477 g/mol. The maximum Gasteiger partial charge on any atom is 0.338 e. The molecular formula is C25H29Cl2NO4Si. The van der Waals surface area contributed by atoms with Crippen molar-refractivity contribution in [3.63, 3.8) is 0 Å². The van der Waals surface area contributed by atoms with Crippen LogP contribution in [-0.4, -0.2) is 31.5 Å². The Bertz CT molecular complexity index is 1160. The van der Waals surface area contributed by atoms with E-state index in [-0.39, 0.29) is 23.2 Å². The predicted molar refractivity (Wildman–Crippen MR) is 135 cm³/mol. The SMILES string of the molecule is CC(C)(C)[Si](C)(C)O[C@@H]1CC[C@H](OC(=O)c2ccc3nc(-c4cc(Cl)cc(Cl)c4)oc3c2)C1. The van der Waals surface area contributed by atoms with Gasteiger partial charge in [0.15, 0.2) is 13.9 Å². The van der Waals surface area contributed by atoms with E-state index in [2.05, 4.69) is 38.8 Å². The molecule has 0 unspecified atom stereocenters. The van der Waals surface area contributed by atoms with Gasteiger partial charge in [-0.25, -0.2) is 9.78 Å². The fourth-order valence-corrected chi connectivity index (χ4v) is 5.71. The Morgan fingerprint density at radius 3 is 2.39 bits per heavy atom. The number of benzene rings is 2. The molecule has 0 radical (unpaired) electrons. The summed E-state index contributed by atoms with van der Waals surface area (Å²) in [4.78, 5) is 17.3. The number of nitrogens with zero attached hydrogens (tertiary/aromatic N) is 1. The van der Waals surface area contributed by atoms with E-state index in [1.807, 2.05) is 0 Å². The lowest BCUT2D eigenvalue weighted by Gasteiger charge is -2.38. The molecule has 0 saturated heterocycles. The monoisotopic (exact) mass is 505 g/mol. The van der Waals surface area contributed by atoms with E-state index in [4.69, 9.17) is 36.8 Å². The van der Waals surface area contributed by atoms with Crippen LogP contribution >= 0.6 is 23.2 Å². The summed E-state index contributed by atoms with van der Waals surface area (Å²) in [5.41, 5.74) is 2.25. The molecule has 0 aliphatic heterocycles. The van der Waals surface area contributed by atoms with Crippen molar-refractivity contribution in [1.29, 1.82) is 0 Å². The third-order valence-corrected chi connectivity index (χ3v) is 11.6. The summed E-state index contributed by atoms with van der Waals surface area (Å²) in [7, 11) is -1.84. The first-order valence-electron chi connectivity index (χ1n) is 11.2. The molecule has 1 aliphatic carbocycles. The zero-order chi connectivity index (χ0) is 24.0. The second kappa shape index (κ2) is 9.06. The fourth-order valence-electron chi connectivity index (χ4n) is 3.78. The quantitative estimate of drug-likeness (QED) is 0.260. The van der Waals surface area contributed by atoms with Gasteiger partial charge in [0.05, 0.1) is 5.56 Å². The third kappa shape index (κ3) is 5.45. The molecule has 1 heterocycles. The van der Waals surface area contributed by atoms with Gasteiger partial charge < -0.3 is 13.6 Å². The van der Waals surface area contributed by atoms with Gasteiger partial charge in [-0.15, -0.1) is 0 Å². The summed E-state index contributed by atoms with van der Waals surface area (Å²) in [5.74, 6) is 0.0277. The van der Waals surface area contributed by atoms with Gasteiger partial charge in [0.25, 0.3) is 0 Å². The Kier molecular flexibility index (Phi) is 6.66. The van der Waals surface area contributed by atoms with E-state index >= 15 is 0 Å². The average Bonchev–Trinajstić information content (AvgIpc) is 3.32. The summed E-state index contributed by atoms with van der Waals surface area (Å²) in [6, 6.07) is 10.2. The minimum Gasteiger partial charge on any atom is -0.459 e. The molecule has 33 heavy (non-hydrogen) atoms. The lowest BCUT2D eigenvalue weighted by molar-refractivity contribution is 0.0290. The zero-order valence-electron chi connectivity index (χ0n) is 19.6. The molecule has 176 valence electrons. The minimum atomic E-state index is -1.84. The number of ether oxygens (including phenoxy) is 1. The molecule has 4 rings (SSSR count). The van der Waals surface area contributed by atoms with Gasteiger partial charge in [0.2, 0.25) is 5.89 Å². The fraction of sp³-hybridized carbons (Fsp3) is 0.440. The Morgan fingerprint density at radius 1 is 1.06 bits per heavy atom. The number of halogens is 2. The third-order valence-electron chi connectivity index (χ3n) is 6.61. The van der Waals surface area contributed by atoms with Crippen molar-refractivity contribution < 1.29 is 18.4 Å². The highest BCUT2D eigenvalue weighted by molar-refractivity contribution is 6.74. The molecule has 1 fully saturated rings. The van der Waals surface area contributed by atoms with E-state index in [0.29, 0.717) is 38.2 Å². The Balaban J connectivity index is 1.43. The number of oxazole rings is 1. The van der Waals surface area contributed by atoms with Crippen LogP contribution in [0.5, 0.6) is 0 Å². The number of carbonyl (C=O) groups excluding carboxylic acids is 1. The largest absolute Gasteiger partial charge is 0.459 e. The minimum absolute atomic E-state index is 0.137. The maximum absolute atomic E-state index is 12.8. The molecule has 0 amide bonds. The van der Waals surface area contributed by atoms with Crippen molar-refractivity contribution in [2.75, 3.05) is 0 Å². The molecule has 1 aromatic heterocycles. The van der Waals surface area contributed by atoms with Gasteiger partial charge in [0, 0.05) is 28.1 Å². The van der Waals surface area contributed by atoms with E-state index < -0.39 is 8.32 Å². The summed E-state index contributed by atoms with van der Waals surface area (Å²) >= 11 is 12.2. The van der Waals surface area contributed by atoms with Gasteiger partial charge in [-0.2, -0.15) is 0 Å². The smallest absolute Gasteiger partial charge is 0.338 e. The number of hydrogen-bond acceptors (Lipinski definition) is 5. The van der Waals surface area contributed by atoms with Crippen LogP contribution in [0.2, 0.25) is 28.2 Å². The van der Waals surface area contributed by atoms with Gasteiger partial charge in [-0.3, -0.25) is 0 Å². The van der Waals surface area contributed by atoms with Crippen LogP contribution in [-0.2, 0) is 9.16 Å². The van der Waals surface area contributed by atoms with Crippen molar-refractivity contribution in [1.82, 2.24) is 4.98 Å². The van der Waals surface area contributed by atoms with Crippen LogP contribution in [0.3, 0.4) is 0 Å². The Labute approximate surface area is 205 Å². The number of hydrogen-bond donors (Lipinski definition) is 0. The summed E-state index contributed by atoms with van der Waals surface area (Å²) in [6.45, 7) is 11.2. The number of aromatic nitrogens is 1. The molecule has 8 heteroatoms. The first-order chi connectivity index (χ1) is 15.4. The van der Waals surface area contributed by atoms with E-state index in [1.165, 1.54) is 0 Å². The van der Waals surface area contributed by atoms with Gasteiger partial charge in [-0.05, 0) is 67.4 Å². The molecule has 2 atom stereocenters. The van der Waals surface area contributed by atoms with Crippen LogP contribution in [0.15, 0.2) is 40.8 Å². The van der Waals surface area contributed by atoms with E-state index in [1.54, 1.807) is 36.4 Å². The van der Waals surface area contributed by atoms with Crippen molar-refractivity contribution in [2.45, 2.75) is 70.4 Å². The lowest BCUT2D eigenvalue weighted by Crippen LogP contribution is -2.43. The van der Waals surface area contributed by atoms with Gasteiger partial charge in [-0.1, -0.05) is 44.0 Å². The van der Waals surface area contributed by atoms with Crippen LogP contribution in [0.4, 0.5) is 0 Å². The molecule has 3 aromatic rings. The van der Waals surface area contributed by atoms with Crippen LogP contribution in [0.1, 0.15) is 50.4 Å². The maximum atomic E-state index is 12.8. The predicted octanol–water partition coefficient (Wildman–Crippen LogP) is 7.90. The normalized spacial score (nSPS) is 19.2. The summed E-state index contributed by atoms with van der Waals surface area (Å²) in [5, 5.41) is 1.15. The standard InChI is InChI=1S/C25H29Cl2NO4Si/c1-25(2,3)33(4,5)32-20-8-7-19(14-20)30-24(29)15-6-9-21-22(12-15)31-23(28-21)16-10-17(26)13-18(27)11-16/h6,9-13,19-20H,7-8,14H2,1-5H3/t19-,20+/m0/s1. The molecule has 2 aromatic carbocycles. The van der Waals surface area contributed by atoms with Crippen molar-refractivity contribution in [2.24, 2.45) is 0 Å². The highest BCUT2D eigenvalue weighted by atomic mass is 35.5. The van der Waals surface area contributed by atoms with Crippen molar-refractivity contribution >= 4 is 48.6 Å². The summed E-state index contributed by atoms with van der Waals surface area (Å²) in [6.07, 6.45) is 2.48. The number of carbonyl (C=O) groups is 1.